The average molecular weight is 413 g/mol. The van der Waals surface area contributed by atoms with Gasteiger partial charge in [0.1, 0.15) is 0 Å². The first-order chi connectivity index (χ1) is 15.6. The Hall–Kier alpha value is -4.66. The maximum Gasteiger partial charge on any atom is 0.361 e. The van der Waals surface area contributed by atoms with Crippen molar-refractivity contribution >= 4 is 6.15 Å². The molecule has 0 spiro atoms. The quantitative estimate of drug-likeness (QED) is 0.273. The molecule has 0 N–H and O–H groups in total. The molecule has 1 heterocycles. The van der Waals surface area contributed by atoms with E-state index in [1.165, 1.54) is 12.4 Å². The van der Waals surface area contributed by atoms with E-state index in [1.807, 2.05) is 42.5 Å². The Kier molecular flexibility index (Phi) is 7.16. The van der Waals surface area contributed by atoms with Gasteiger partial charge in [-0.15, -0.1) is 17.9 Å². The molecule has 0 saturated carbocycles. The van der Waals surface area contributed by atoms with Crippen molar-refractivity contribution in [1.82, 2.24) is 0 Å². The predicted molar refractivity (Wildman–Crippen MR) is 128 cm³/mol. The Bertz CT molecular complexity index is 1130. The lowest BCUT2D eigenvalue weighted by Crippen LogP contribution is -2.23. The number of hydrogen-bond donors (Lipinski definition) is 0. The second kappa shape index (κ2) is 10.4. The maximum absolute atomic E-state index is 8.12. The van der Waals surface area contributed by atoms with E-state index < -0.39 is 6.15 Å². The first-order valence-corrected chi connectivity index (χ1v) is 10.2. The van der Waals surface area contributed by atoms with Crippen LogP contribution in [0.5, 0.6) is 0 Å². The van der Waals surface area contributed by atoms with Gasteiger partial charge in [0.25, 0.3) is 6.15 Å². The molecular weight excluding hydrogens is 393 g/mol. The number of hydrogen-bond acceptors (Lipinski definition) is 3. The zero-order chi connectivity index (χ0) is 22.8. The van der Waals surface area contributed by atoms with Crippen LogP contribution >= 0.6 is 0 Å². The molecule has 0 atom stereocenters. The Labute approximate surface area is 188 Å². The molecule has 152 valence electrons. The minimum Gasteiger partial charge on any atom is -0.247 e. The summed E-state index contributed by atoms with van der Waals surface area (Å²) < 4.78 is 6.21. The molecule has 32 heavy (non-hydrogen) atoms. The van der Waals surface area contributed by atoms with Crippen molar-refractivity contribution in [1.29, 1.82) is 15.8 Å². The van der Waals surface area contributed by atoms with Gasteiger partial charge in [-0.2, -0.15) is 6.82 Å². The monoisotopic (exact) mass is 413 g/mol. The normalized spacial score (nSPS) is 9.94. The standard InChI is InChI=1S/C23H17O.C4H3BN3/c1-4-10-18(11-5-1)21-16-22(19-12-6-2-7-13-19)24-23(17-21)20-14-8-3-9-15-20;1-5(2-6,3-7)4-8/h1-17H;1H3/q+1;-1. The first-order valence-electron chi connectivity index (χ1n) is 10.2. The zero-order valence-electron chi connectivity index (χ0n) is 17.6. The first kappa shape index (κ1) is 22.0. The van der Waals surface area contributed by atoms with Crippen molar-refractivity contribution < 1.29 is 4.42 Å². The lowest BCUT2D eigenvalue weighted by atomic mass is 9.31. The number of nitrogens with zero attached hydrogens (tertiary/aromatic N) is 3. The van der Waals surface area contributed by atoms with E-state index in [2.05, 4.69) is 60.7 Å². The highest BCUT2D eigenvalue weighted by Crippen LogP contribution is 2.32. The third-order valence-electron chi connectivity index (χ3n) is 4.79. The largest absolute Gasteiger partial charge is 0.361 e. The summed E-state index contributed by atoms with van der Waals surface area (Å²) in [6, 6.07) is 35.1. The van der Waals surface area contributed by atoms with E-state index in [4.69, 9.17) is 20.2 Å². The van der Waals surface area contributed by atoms with Gasteiger partial charge in [-0.3, -0.25) is 0 Å². The highest BCUT2D eigenvalue weighted by atomic mass is 16.3. The summed E-state index contributed by atoms with van der Waals surface area (Å²) in [5, 5.41) is 24.4. The van der Waals surface area contributed by atoms with Crippen LogP contribution in [0.25, 0.3) is 33.8 Å². The molecule has 3 aromatic carbocycles. The van der Waals surface area contributed by atoms with Crippen LogP contribution < -0.4 is 0 Å². The Morgan fingerprint density at radius 1 is 0.531 bits per heavy atom. The Balaban J connectivity index is 0.000000312. The van der Waals surface area contributed by atoms with E-state index in [0.29, 0.717) is 0 Å². The Morgan fingerprint density at radius 2 is 0.875 bits per heavy atom. The summed E-state index contributed by atoms with van der Waals surface area (Å²) in [5.41, 5.74) is 4.49. The van der Waals surface area contributed by atoms with Gasteiger partial charge >= 0.3 is 11.5 Å². The van der Waals surface area contributed by atoms with E-state index in [1.54, 1.807) is 17.9 Å². The van der Waals surface area contributed by atoms with E-state index in [0.717, 1.165) is 28.2 Å². The van der Waals surface area contributed by atoms with Gasteiger partial charge in [0.15, 0.2) is 0 Å². The van der Waals surface area contributed by atoms with Crippen LogP contribution in [0.1, 0.15) is 0 Å². The van der Waals surface area contributed by atoms with Gasteiger partial charge in [-0.1, -0.05) is 66.7 Å². The van der Waals surface area contributed by atoms with Gasteiger partial charge in [0.05, 0.1) is 23.3 Å². The van der Waals surface area contributed by atoms with Crippen LogP contribution in [0.15, 0.2) is 108 Å². The maximum atomic E-state index is 8.12. The fourth-order valence-corrected chi connectivity index (χ4v) is 2.87. The molecule has 0 bridgehead atoms. The van der Waals surface area contributed by atoms with Crippen molar-refractivity contribution in [3.63, 3.8) is 0 Å². The van der Waals surface area contributed by atoms with Crippen molar-refractivity contribution in [2.75, 3.05) is 0 Å². The van der Waals surface area contributed by atoms with Crippen LogP contribution in [0.4, 0.5) is 0 Å². The van der Waals surface area contributed by atoms with Crippen LogP contribution in [-0.2, 0) is 0 Å². The summed E-state index contributed by atoms with van der Waals surface area (Å²) in [4.78, 5) is 0. The zero-order valence-corrected chi connectivity index (χ0v) is 17.6. The van der Waals surface area contributed by atoms with Gasteiger partial charge in [0, 0.05) is 5.56 Å². The summed E-state index contributed by atoms with van der Waals surface area (Å²) in [6.07, 6.45) is -2.04. The van der Waals surface area contributed by atoms with Crippen LogP contribution in [0.3, 0.4) is 0 Å². The smallest absolute Gasteiger partial charge is 0.247 e. The summed E-state index contributed by atoms with van der Waals surface area (Å²) in [6.45, 7) is 1.33. The fourth-order valence-electron chi connectivity index (χ4n) is 2.87. The summed E-state index contributed by atoms with van der Waals surface area (Å²) >= 11 is 0. The summed E-state index contributed by atoms with van der Waals surface area (Å²) in [7, 11) is 0. The molecule has 0 unspecified atom stereocenters. The molecule has 0 aliphatic rings. The SMILES string of the molecule is C[B-](C#N)(C#N)C#N.c1ccc(-c2cc(-c3ccccc3)[o+]c(-c3ccccc3)c2)cc1. The number of nitriles is 3. The minimum absolute atomic E-state index is 0.871. The third kappa shape index (κ3) is 5.48. The molecule has 0 radical (unpaired) electrons. The predicted octanol–water partition coefficient (Wildman–Crippen LogP) is 6.82. The van der Waals surface area contributed by atoms with E-state index >= 15 is 0 Å². The molecule has 0 fully saturated rings. The van der Waals surface area contributed by atoms with Crippen molar-refractivity contribution in [3.8, 4) is 51.7 Å². The molecule has 4 rings (SSSR count). The molecule has 1 aromatic heterocycles. The molecule has 0 amide bonds. The number of benzene rings is 3. The third-order valence-corrected chi connectivity index (χ3v) is 4.79. The van der Waals surface area contributed by atoms with Gasteiger partial charge in [0.2, 0.25) is 0 Å². The van der Waals surface area contributed by atoms with Crippen LogP contribution in [0.2, 0.25) is 6.82 Å². The number of rotatable bonds is 3. The van der Waals surface area contributed by atoms with Crippen LogP contribution in [0, 0.1) is 33.7 Å². The minimum atomic E-state index is -2.04. The fraction of sp³-hybridized carbons (Fsp3) is 0.0370. The highest BCUT2D eigenvalue weighted by molar-refractivity contribution is 6.98. The van der Waals surface area contributed by atoms with E-state index in [9.17, 15) is 0 Å². The highest BCUT2D eigenvalue weighted by Gasteiger charge is 2.20. The molecule has 4 nitrogen and oxygen atoms in total. The van der Waals surface area contributed by atoms with Crippen molar-refractivity contribution in [2.45, 2.75) is 6.82 Å². The molecule has 4 aromatic rings. The van der Waals surface area contributed by atoms with Gasteiger partial charge in [-0.05, 0) is 29.8 Å². The second-order valence-electron chi connectivity index (χ2n) is 7.36. The molecule has 5 heteroatoms. The molecule has 0 aliphatic heterocycles. The Morgan fingerprint density at radius 3 is 1.19 bits per heavy atom. The van der Waals surface area contributed by atoms with E-state index in [-0.39, 0.29) is 0 Å². The summed E-state index contributed by atoms with van der Waals surface area (Å²) in [5.74, 6) is 6.60. The topological polar surface area (TPSA) is 82.7 Å². The second-order valence-corrected chi connectivity index (χ2v) is 7.36. The average Bonchev–Trinajstić information content (AvgIpc) is 2.90. The molecular formula is C27H20BN3O. The van der Waals surface area contributed by atoms with Crippen molar-refractivity contribution in [3.05, 3.63) is 103 Å². The lowest BCUT2D eigenvalue weighted by Gasteiger charge is -2.02. The molecule has 0 saturated heterocycles. The molecule has 0 aliphatic carbocycles. The van der Waals surface area contributed by atoms with Crippen molar-refractivity contribution in [2.24, 2.45) is 0 Å². The van der Waals surface area contributed by atoms with Crippen LogP contribution in [-0.4, -0.2) is 6.15 Å². The van der Waals surface area contributed by atoms with Gasteiger partial charge < -0.3 is 0 Å². The van der Waals surface area contributed by atoms with Gasteiger partial charge in [-0.25, -0.2) is 20.2 Å². The lowest BCUT2D eigenvalue weighted by molar-refractivity contribution is 0.582.